The maximum atomic E-state index is 11.4. The van der Waals surface area contributed by atoms with Crippen molar-refractivity contribution in [1.29, 1.82) is 0 Å². The number of rotatable bonds is 6. The Morgan fingerprint density at radius 1 is 1.50 bits per heavy atom. The molecule has 1 amide bonds. The van der Waals surface area contributed by atoms with Gasteiger partial charge in [-0.05, 0) is 25.8 Å². The van der Waals surface area contributed by atoms with Gasteiger partial charge in [0.05, 0.1) is 5.75 Å². The molecule has 1 saturated heterocycles. The molecular weight excluding hydrogens is 228 g/mol. The van der Waals surface area contributed by atoms with Crippen molar-refractivity contribution in [3.8, 4) is 0 Å². The highest BCUT2D eigenvalue weighted by Gasteiger charge is 2.17. The van der Waals surface area contributed by atoms with E-state index >= 15 is 0 Å². The van der Waals surface area contributed by atoms with Crippen molar-refractivity contribution >= 4 is 15.7 Å². The van der Waals surface area contributed by atoms with Crippen LogP contribution in [0.4, 0.5) is 0 Å². The zero-order valence-corrected chi connectivity index (χ0v) is 10.5. The van der Waals surface area contributed by atoms with Gasteiger partial charge in [-0.1, -0.05) is 0 Å². The highest BCUT2D eigenvalue weighted by atomic mass is 32.2. The molecule has 0 aromatic heterocycles. The Bertz CT molecular complexity index is 321. The van der Waals surface area contributed by atoms with Gasteiger partial charge in [0, 0.05) is 25.3 Å². The van der Waals surface area contributed by atoms with E-state index in [4.69, 9.17) is 0 Å². The molecule has 1 unspecified atom stereocenters. The topological polar surface area (TPSA) is 75.3 Å². The normalized spacial score (nSPS) is 20.9. The largest absolute Gasteiger partial charge is 0.356 e. The van der Waals surface area contributed by atoms with Crippen LogP contribution in [-0.2, 0) is 14.6 Å². The zero-order chi connectivity index (χ0) is 12.0. The van der Waals surface area contributed by atoms with Gasteiger partial charge >= 0.3 is 0 Å². The lowest BCUT2D eigenvalue weighted by atomic mass is 10.1. The van der Waals surface area contributed by atoms with Crippen LogP contribution in [0.1, 0.15) is 25.7 Å². The van der Waals surface area contributed by atoms with E-state index < -0.39 is 9.84 Å². The summed E-state index contributed by atoms with van der Waals surface area (Å²) in [4.78, 5) is 11.4. The molecule has 1 atom stereocenters. The van der Waals surface area contributed by atoms with E-state index in [0.29, 0.717) is 25.4 Å². The van der Waals surface area contributed by atoms with Crippen LogP contribution >= 0.6 is 0 Å². The smallest absolute Gasteiger partial charge is 0.221 e. The number of amides is 1. The van der Waals surface area contributed by atoms with Gasteiger partial charge in [0.15, 0.2) is 0 Å². The molecule has 1 aliphatic heterocycles. The molecule has 0 saturated carbocycles. The van der Waals surface area contributed by atoms with Crippen molar-refractivity contribution < 1.29 is 13.2 Å². The van der Waals surface area contributed by atoms with Gasteiger partial charge in [0.2, 0.25) is 5.91 Å². The molecule has 0 aliphatic carbocycles. The van der Waals surface area contributed by atoms with Gasteiger partial charge in [-0.25, -0.2) is 8.42 Å². The summed E-state index contributed by atoms with van der Waals surface area (Å²) in [7, 11) is -2.91. The molecule has 1 fully saturated rings. The van der Waals surface area contributed by atoms with E-state index in [1.165, 1.54) is 6.26 Å². The first-order valence-electron chi connectivity index (χ1n) is 5.65. The Morgan fingerprint density at radius 2 is 2.25 bits per heavy atom. The average molecular weight is 248 g/mol. The number of sulfone groups is 1. The van der Waals surface area contributed by atoms with E-state index in [0.717, 1.165) is 19.4 Å². The van der Waals surface area contributed by atoms with Crippen molar-refractivity contribution in [1.82, 2.24) is 10.6 Å². The Hall–Kier alpha value is -0.620. The number of hydrogen-bond donors (Lipinski definition) is 2. The molecule has 0 radical (unpaired) electrons. The van der Waals surface area contributed by atoms with Crippen molar-refractivity contribution in [2.45, 2.75) is 31.7 Å². The number of carbonyl (C=O) groups is 1. The quantitative estimate of drug-likeness (QED) is 0.632. The Labute approximate surface area is 96.9 Å². The highest BCUT2D eigenvalue weighted by molar-refractivity contribution is 7.90. The van der Waals surface area contributed by atoms with E-state index in [1.54, 1.807) is 0 Å². The van der Waals surface area contributed by atoms with Crippen LogP contribution in [0.2, 0.25) is 0 Å². The van der Waals surface area contributed by atoms with Crippen LogP contribution in [0, 0.1) is 0 Å². The minimum atomic E-state index is -2.91. The summed E-state index contributed by atoms with van der Waals surface area (Å²) < 4.78 is 21.7. The van der Waals surface area contributed by atoms with Crippen molar-refractivity contribution in [3.05, 3.63) is 0 Å². The zero-order valence-electron chi connectivity index (χ0n) is 9.66. The first-order valence-corrected chi connectivity index (χ1v) is 7.71. The fraction of sp³-hybridized carbons (Fsp3) is 0.900. The molecule has 2 N–H and O–H groups in total. The summed E-state index contributed by atoms with van der Waals surface area (Å²) in [6.45, 7) is 1.44. The fourth-order valence-electron chi connectivity index (χ4n) is 1.79. The van der Waals surface area contributed by atoms with Crippen LogP contribution in [0.15, 0.2) is 0 Å². The number of carbonyl (C=O) groups excluding carboxylic acids is 1. The predicted molar refractivity (Wildman–Crippen MR) is 63.0 cm³/mol. The summed E-state index contributed by atoms with van der Waals surface area (Å²) in [5.41, 5.74) is 0. The molecule has 1 aliphatic rings. The Morgan fingerprint density at radius 3 is 2.81 bits per heavy atom. The first kappa shape index (κ1) is 13.4. The molecule has 0 bridgehead atoms. The SMILES string of the molecule is CS(=O)(=O)CCCNC(=O)CC1CCCN1. The predicted octanol–water partition coefficient (Wildman–Crippen LogP) is -0.321. The van der Waals surface area contributed by atoms with Gasteiger partial charge in [-0.15, -0.1) is 0 Å². The molecular formula is C10H20N2O3S. The van der Waals surface area contributed by atoms with Crippen molar-refractivity contribution in [2.24, 2.45) is 0 Å². The lowest BCUT2D eigenvalue weighted by Gasteiger charge is -2.10. The van der Waals surface area contributed by atoms with Crippen LogP contribution in [0.3, 0.4) is 0 Å². The molecule has 1 heterocycles. The first-order chi connectivity index (χ1) is 7.47. The number of nitrogens with one attached hydrogen (secondary N) is 2. The van der Waals surface area contributed by atoms with Crippen molar-refractivity contribution in [3.63, 3.8) is 0 Å². The molecule has 94 valence electrons. The van der Waals surface area contributed by atoms with Crippen LogP contribution in [0.25, 0.3) is 0 Å². The standard InChI is InChI=1S/C10H20N2O3S/c1-16(14,15)7-3-6-12-10(13)8-9-4-2-5-11-9/h9,11H,2-8H2,1H3,(H,12,13). The van der Waals surface area contributed by atoms with Crippen LogP contribution in [-0.4, -0.2) is 45.5 Å². The lowest BCUT2D eigenvalue weighted by Crippen LogP contribution is -2.32. The molecule has 0 aromatic carbocycles. The van der Waals surface area contributed by atoms with Gasteiger partial charge in [0.1, 0.15) is 9.84 Å². The minimum Gasteiger partial charge on any atom is -0.356 e. The molecule has 1 rings (SSSR count). The maximum Gasteiger partial charge on any atom is 0.221 e. The summed E-state index contributed by atoms with van der Waals surface area (Å²) in [5.74, 6) is 0.141. The average Bonchev–Trinajstić information content (AvgIpc) is 2.63. The number of hydrogen-bond acceptors (Lipinski definition) is 4. The summed E-state index contributed by atoms with van der Waals surface area (Å²) in [6.07, 6.45) is 4.38. The van der Waals surface area contributed by atoms with E-state index in [2.05, 4.69) is 10.6 Å². The summed E-state index contributed by atoms with van der Waals surface area (Å²) in [5, 5.41) is 5.98. The Balaban J connectivity index is 2.06. The fourth-order valence-corrected chi connectivity index (χ4v) is 2.46. The summed E-state index contributed by atoms with van der Waals surface area (Å²) in [6, 6.07) is 0.301. The third kappa shape index (κ3) is 6.07. The van der Waals surface area contributed by atoms with Gasteiger partial charge in [0.25, 0.3) is 0 Å². The van der Waals surface area contributed by atoms with Crippen LogP contribution in [0.5, 0.6) is 0 Å². The second kappa shape index (κ2) is 6.20. The second-order valence-electron chi connectivity index (χ2n) is 4.33. The monoisotopic (exact) mass is 248 g/mol. The van der Waals surface area contributed by atoms with Crippen molar-refractivity contribution in [2.75, 3.05) is 25.1 Å². The third-order valence-electron chi connectivity index (χ3n) is 2.61. The molecule has 0 aromatic rings. The third-order valence-corrected chi connectivity index (χ3v) is 3.64. The molecule has 0 spiro atoms. The highest BCUT2D eigenvalue weighted by Crippen LogP contribution is 2.07. The Kier molecular flexibility index (Phi) is 5.21. The van der Waals surface area contributed by atoms with E-state index in [9.17, 15) is 13.2 Å². The van der Waals surface area contributed by atoms with E-state index in [-0.39, 0.29) is 11.7 Å². The van der Waals surface area contributed by atoms with Gasteiger partial charge in [-0.3, -0.25) is 4.79 Å². The molecule has 5 nitrogen and oxygen atoms in total. The summed E-state index contributed by atoms with van der Waals surface area (Å²) >= 11 is 0. The minimum absolute atomic E-state index is 0.00732. The molecule has 16 heavy (non-hydrogen) atoms. The second-order valence-corrected chi connectivity index (χ2v) is 6.59. The van der Waals surface area contributed by atoms with E-state index in [1.807, 2.05) is 0 Å². The van der Waals surface area contributed by atoms with Gasteiger partial charge < -0.3 is 10.6 Å². The maximum absolute atomic E-state index is 11.4. The van der Waals surface area contributed by atoms with Crippen LogP contribution < -0.4 is 10.6 Å². The lowest BCUT2D eigenvalue weighted by molar-refractivity contribution is -0.121. The molecule has 6 heteroatoms. The van der Waals surface area contributed by atoms with Gasteiger partial charge in [-0.2, -0.15) is 0 Å².